The first-order valence-corrected chi connectivity index (χ1v) is 6.87. The van der Waals surface area contributed by atoms with Crippen molar-refractivity contribution in [2.24, 2.45) is 5.92 Å². The van der Waals surface area contributed by atoms with Gasteiger partial charge < -0.3 is 19.9 Å². The number of methoxy groups -OCH3 is 2. The molecule has 1 aromatic rings. The van der Waals surface area contributed by atoms with Gasteiger partial charge in [0, 0.05) is 12.6 Å². The molecule has 19 heavy (non-hydrogen) atoms. The van der Waals surface area contributed by atoms with Crippen molar-refractivity contribution in [3.8, 4) is 11.5 Å². The van der Waals surface area contributed by atoms with Gasteiger partial charge in [0.15, 0.2) is 0 Å². The van der Waals surface area contributed by atoms with E-state index in [1.54, 1.807) is 14.2 Å². The predicted molar refractivity (Wildman–Crippen MR) is 76.0 cm³/mol. The highest BCUT2D eigenvalue weighted by molar-refractivity contribution is 5.59. The fourth-order valence-electron chi connectivity index (χ4n) is 2.56. The largest absolute Gasteiger partial charge is 0.497 e. The number of hydrogen-bond acceptors (Lipinski definition) is 4. The third-order valence-corrected chi connectivity index (χ3v) is 3.80. The first kappa shape index (κ1) is 14.0. The highest BCUT2D eigenvalue weighted by Crippen LogP contribution is 2.30. The lowest BCUT2D eigenvalue weighted by Gasteiger charge is -2.26. The van der Waals surface area contributed by atoms with Crippen LogP contribution in [-0.2, 0) is 0 Å². The highest BCUT2D eigenvalue weighted by atomic mass is 16.5. The Kier molecular flexibility index (Phi) is 4.91. The molecule has 1 saturated carbocycles. The monoisotopic (exact) mass is 265 g/mol. The van der Waals surface area contributed by atoms with E-state index in [2.05, 4.69) is 5.32 Å². The molecule has 0 spiro atoms. The zero-order valence-corrected chi connectivity index (χ0v) is 11.7. The molecule has 1 fully saturated rings. The van der Waals surface area contributed by atoms with Crippen LogP contribution in [0.5, 0.6) is 11.5 Å². The number of anilines is 1. The molecule has 0 amide bonds. The number of hydrogen-bond donors (Lipinski definition) is 2. The molecular weight excluding hydrogens is 242 g/mol. The Morgan fingerprint density at radius 2 is 1.89 bits per heavy atom. The lowest BCUT2D eigenvalue weighted by atomic mass is 9.87. The molecule has 106 valence electrons. The van der Waals surface area contributed by atoms with Gasteiger partial charge in [0.05, 0.1) is 26.0 Å². The smallest absolute Gasteiger partial charge is 0.142 e. The fourth-order valence-corrected chi connectivity index (χ4v) is 2.56. The zero-order valence-electron chi connectivity index (χ0n) is 11.7. The summed E-state index contributed by atoms with van der Waals surface area (Å²) in [4.78, 5) is 0. The molecule has 1 aliphatic carbocycles. The molecule has 2 N–H and O–H groups in total. The number of aliphatic hydroxyl groups excluding tert-OH is 1. The Hall–Kier alpha value is -1.42. The normalized spacial score (nSPS) is 22.9. The first-order valence-electron chi connectivity index (χ1n) is 6.87. The lowest BCUT2D eigenvalue weighted by molar-refractivity contribution is 0.111. The van der Waals surface area contributed by atoms with Crippen molar-refractivity contribution < 1.29 is 14.6 Å². The van der Waals surface area contributed by atoms with Gasteiger partial charge >= 0.3 is 0 Å². The molecule has 0 radical (unpaired) electrons. The van der Waals surface area contributed by atoms with Crippen LogP contribution in [0, 0.1) is 5.92 Å². The first-order chi connectivity index (χ1) is 9.22. The van der Waals surface area contributed by atoms with Gasteiger partial charge in [-0.05, 0) is 43.7 Å². The van der Waals surface area contributed by atoms with E-state index in [1.807, 2.05) is 18.2 Å². The molecule has 0 bridgehead atoms. The van der Waals surface area contributed by atoms with E-state index < -0.39 is 0 Å². The quantitative estimate of drug-likeness (QED) is 0.859. The SMILES string of the molecule is COc1ccc(OC)c(NCC2CCC(O)CC2)c1. The maximum Gasteiger partial charge on any atom is 0.142 e. The van der Waals surface area contributed by atoms with Crippen LogP contribution in [0.15, 0.2) is 18.2 Å². The maximum absolute atomic E-state index is 9.51. The number of ether oxygens (including phenoxy) is 2. The second-order valence-corrected chi connectivity index (χ2v) is 5.12. The van der Waals surface area contributed by atoms with Crippen LogP contribution < -0.4 is 14.8 Å². The minimum atomic E-state index is -0.0948. The molecule has 4 nitrogen and oxygen atoms in total. The van der Waals surface area contributed by atoms with Crippen LogP contribution in [-0.4, -0.2) is 32.0 Å². The average Bonchev–Trinajstić information content (AvgIpc) is 2.46. The van der Waals surface area contributed by atoms with E-state index in [4.69, 9.17) is 9.47 Å². The van der Waals surface area contributed by atoms with Crippen molar-refractivity contribution in [3.05, 3.63) is 18.2 Å². The molecule has 0 aliphatic heterocycles. The Balaban J connectivity index is 1.94. The van der Waals surface area contributed by atoms with Gasteiger partial charge in [-0.1, -0.05) is 0 Å². The van der Waals surface area contributed by atoms with Crippen LogP contribution in [0.1, 0.15) is 25.7 Å². The number of rotatable bonds is 5. The van der Waals surface area contributed by atoms with E-state index in [0.29, 0.717) is 5.92 Å². The number of benzene rings is 1. The summed E-state index contributed by atoms with van der Waals surface area (Å²) < 4.78 is 10.6. The molecule has 0 aromatic heterocycles. The number of nitrogens with one attached hydrogen (secondary N) is 1. The standard InChI is InChI=1S/C15H23NO3/c1-18-13-7-8-15(19-2)14(9-13)16-10-11-3-5-12(17)6-4-11/h7-9,11-12,16-17H,3-6,10H2,1-2H3. The minimum absolute atomic E-state index is 0.0948. The van der Waals surface area contributed by atoms with Crippen molar-refractivity contribution >= 4 is 5.69 Å². The van der Waals surface area contributed by atoms with Crippen molar-refractivity contribution in [2.75, 3.05) is 26.1 Å². The van der Waals surface area contributed by atoms with Gasteiger partial charge in [-0.15, -0.1) is 0 Å². The maximum atomic E-state index is 9.51. The highest BCUT2D eigenvalue weighted by Gasteiger charge is 2.19. The summed E-state index contributed by atoms with van der Waals surface area (Å²) in [6.45, 7) is 0.913. The van der Waals surface area contributed by atoms with Gasteiger partial charge in [0.1, 0.15) is 11.5 Å². The van der Waals surface area contributed by atoms with E-state index in [1.165, 1.54) is 0 Å². The molecule has 1 aliphatic rings. The van der Waals surface area contributed by atoms with E-state index in [0.717, 1.165) is 49.4 Å². The number of aliphatic hydroxyl groups is 1. The van der Waals surface area contributed by atoms with Gasteiger partial charge in [0.2, 0.25) is 0 Å². The minimum Gasteiger partial charge on any atom is -0.497 e. The molecule has 0 unspecified atom stereocenters. The van der Waals surface area contributed by atoms with Gasteiger partial charge in [-0.3, -0.25) is 0 Å². The van der Waals surface area contributed by atoms with Crippen molar-refractivity contribution in [1.29, 1.82) is 0 Å². The van der Waals surface area contributed by atoms with Crippen LogP contribution >= 0.6 is 0 Å². The summed E-state index contributed by atoms with van der Waals surface area (Å²) in [5.74, 6) is 2.28. The van der Waals surface area contributed by atoms with Gasteiger partial charge in [0.25, 0.3) is 0 Å². The Labute approximate surface area is 114 Å². The van der Waals surface area contributed by atoms with E-state index in [-0.39, 0.29) is 6.10 Å². The summed E-state index contributed by atoms with van der Waals surface area (Å²) in [7, 11) is 3.33. The molecule has 0 atom stereocenters. The Morgan fingerprint density at radius 3 is 2.53 bits per heavy atom. The summed E-state index contributed by atoms with van der Waals surface area (Å²) in [6, 6.07) is 5.75. The second-order valence-electron chi connectivity index (χ2n) is 5.12. The second kappa shape index (κ2) is 6.66. The van der Waals surface area contributed by atoms with Crippen molar-refractivity contribution in [3.63, 3.8) is 0 Å². The van der Waals surface area contributed by atoms with Crippen LogP contribution in [0.2, 0.25) is 0 Å². The third-order valence-electron chi connectivity index (χ3n) is 3.80. The average molecular weight is 265 g/mol. The van der Waals surface area contributed by atoms with Crippen molar-refractivity contribution in [2.45, 2.75) is 31.8 Å². The molecule has 0 saturated heterocycles. The Morgan fingerprint density at radius 1 is 1.16 bits per heavy atom. The van der Waals surface area contributed by atoms with E-state index in [9.17, 15) is 5.11 Å². The van der Waals surface area contributed by atoms with Gasteiger partial charge in [-0.25, -0.2) is 0 Å². The molecule has 2 rings (SSSR count). The third kappa shape index (κ3) is 3.77. The topological polar surface area (TPSA) is 50.7 Å². The van der Waals surface area contributed by atoms with E-state index >= 15 is 0 Å². The van der Waals surface area contributed by atoms with Crippen LogP contribution in [0.25, 0.3) is 0 Å². The van der Waals surface area contributed by atoms with Gasteiger partial charge in [-0.2, -0.15) is 0 Å². The summed E-state index contributed by atoms with van der Waals surface area (Å²) in [6.07, 6.45) is 3.91. The summed E-state index contributed by atoms with van der Waals surface area (Å²) in [5.41, 5.74) is 0.966. The predicted octanol–water partition coefficient (Wildman–Crippen LogP) is 2.67. The Bertz CT molecular complexity index is 400. The lowest BCUT2D eigenvalue weighted by Crippen LogP contribution is -2.23. The molecule has 1 aromatic carbocycles. The van der Waals surface area contributed by atoms with Crippen molar-refractivity contribution in [1.82, 2.24) is 0 Å². The molecular formula is C15H23NO3. The molecule has 0 heterocycles. The van der Waals surface area contributed by atoms with Crippen LogP contribution in [0.3, 0.4) is 0 Å². The van der Waals surface area contributed by atoms with Crippen LogP contribution in [0.4, 0.5) is 5.69 Å². The fraction of sp³-hybridized carbons (Fsp3) is 0.600. The summed E-state index contributed by atoms with van der Waals surface area (Å²) in [5, 5.41) is 12.9. The molecule has 4 heteroatoms. The zero-order chi connectivity index (χ0) is 13.7. The summed E-state index contributed by atoms with van der Waals surface area (Å²) >= 11 is 0.